The number of nitrogens with one attached hydrogen (secondary N) is 1. The minimum Gasteiger partial charge on any atom is -0.311 e. The average molecular weight is 315 g/mol. The predicted octanol–water partition coefficient (Wildman–Crippen LogP) is 3.01. The molecule has 22 heavy (non-hydrogen) atoms. The number of nitrogens with zero attached hydrogens (tertiary/aromatic N) is 2. The van der Waals surface area contributed by atoms with Crippen molar-refractivity contribution in [3.8, 4) is 6.07 Å². The van der Waals surface area contributed by atoms with E-state index in [1.807, 2.05) is 12.1 Å². The first-order valence-corrected chi connectivity index (χ1v) is 9.50. The van der Waals surface area contributed by atoms with E-state index in [1.165, 1.54) is 55.8 Å². The second kappa shape index (κ2) is 7.50. The molecule has 0 amide bonds. The van der Waals surface area contributed by atoms with E-state index in [4.69, 9.17) is 5.26 Å². The van der Waals surface area contributed by atoms with E-state index < -0.39 is 0 Å². The Balaban J connectivity index is 1.56. The lowest BCUT2D eigenvalue weighted by Gasteiger charge is -2.43. The molecule has 0 atom stereocenters. The third kappa shape index (κ3) is 3.65. The molecule has 1 aromatic rings. The fraction of sp³-hybridized carbons (Fsp3) is 0.611. The van der Waals surface area contributed by atoms with Crippen molar-refractivity contribution < 1.29 is 0 Å². The number of hydrogen-bond acceptors (Lipinski definition) is 4. The van der Waals surface area contributed by atoms with Crippen LogP contribution in [0.25, 0.3) is 0 Å². The maximum atomic E-state index is 8.85. The molecular weight excluding hydrogens is 290 g/mol. The van der Waals surface area contributed by atoms with Gasteiger partial charge in [0.05, 0.1) is 11.6 Å². The van der Waals surface area contributed by atoms with Crippen LogP contribution in [0.15, 0.2) is 24.3 Å². The van der Waals surface area contributed by atoms with Gasteiger partial charge in [-0.2, -0.15) is 17.0 Å². The van der Waals surface area contributed by atoms with E-state index in [1.54, 1.807) is 0 Å². The van der Waals surface area contributed by atoms with E-state index in [0.717, 1.165) is 18.7 Å². The molecule has 2 aliphatic rings. The van der Waals surface area contributed by atoms with Gasteiger partial charge < -0.3 is 5.32 Å². The third-order valence-corrected chi connectivity index (χ3v) is 6.02. The Morgan fingerprint density at radius 3 is 2.45 bits per heavy atom. The highest BCUT2D eigenvalue weighted by molar-refractivity contribution is 7.99. The number of nitriles is 1. The second-order valence-corrected chi connectivity index (χ2v) is 7.67. The molecule has 1 aliphatic carbocycles. The molecule has 3 rings (SSSR count). The summed E-state index contributed by atoms with van der Waals surface area (Å²) in [4.78, 5) is 2.75. The Morgan fingerprint density at radius 2 is 1.82 bits per heavy atom. The molecule has 0 bridgehead atoms. The van der Waals surface area contributed by atoms with Crippen molar-refractivity contribution >= 4 is 11.8 Å². The molecule has 1 saturated carbocycles. The SMILES string of the molecule is N#Cc1ccc(CNCC2(N3CCSCC3)CCCC2)cc1. The summed E-state index contributed by atoms with van der Waals surface area (Å²) in [5, 5.41) is 12.5. The van der Waals surface area contributed by atoms with Crippen LogP contribution in [0, 0.1) is 11.3 Å². The van der Waals surface area contributed by atoms with E-state index >= 15 is 0 Å². The molecule has 118 valence electrons. The fourth-order valence-corrected chi connectivity index (χ4v) is 4.72. The molecule has 0 aromatic heterocycles. The molecular formula is C18H25N3S. The molecule has 2 fully saturated rings. The van der Waals surface area contributed by atoms with Gasteiger partial charge in [0, 0.05) is 43.2 Å². The van der Waals surface area contributed by atoms with Crippen LogP contribution in [-0.4, -0.2) is 41.6 Å². The van der Waals surface area contributed by atoms with Gasteiger partial charge in [0.15, 0.2) is 0 Å². The summed E-state index contributed by atoms with van der Waals surface area (Å²) >= 11 is 2.09. The monoisotopic (exact) mass is 315 g/mol. The van der Waals surface area contributed by atoms with Crippen LogP contribution in [0.3, 0.4) is 0 Å². The van der Waals surface area contributed by atoms with E-state index in [0.29, 0.717) is 5.54 Å². The summed E-state index contributed by atoms with van der Waals surface area (Å²) in [5.41, 5.74) is 2.40. The minimum absolute atomic E-state index is 0.396. The molecule has 1 N–H and O–H groups in total. The normalized spacial score (nSPS) is 21.6. The molecule has 3 nitrogen and oxygen atoms in total. The minimum atomic E-state index is 0.396. The molecule has 1 saturated heterocycles. The smallest absolute Gasteiger partial charge is 0.0991 e. The predicted molar refractivity (Wildman–Crippen MR) is 93.0 cm³/mol. The largest absolute Gasteiger partial charge is 0.311 e. The molecule has 1 aliphatic heterocycles. The van der Waals surface area contributed by atoms with Crippen molar-refractivity contribution in [1.29, 1.82) is 5.26 Å². The van der Waals surface area contributed by atoms with Crippen LogP contribution in [-0.2, 0) is 6.54 Å². The van der Waals surface area contributed by atoms with Crippen molar-refractivity contribution in [2.24, 2.45) is 0 Å². The Bertz CT molecular complexity index is 508. The maximum absolute atomic E-state index is 8.85. The Morgan fingerprint density at radius 1 is 1.14 bits per heavy atom. The lowest BCUT2D eigenvalue weighted by atomic mass is 9.94. The summed E-state index contributed by atoms with van der Waals surface area (Å²) in [6.45, 7) is 4.50. The summed E-state index contributed by atoms with van der Waals surface area (Å²) in [7, 11) is 0. The number of benzene rings is 1. The van der Waals surface area contributed by atoms with Crippen molar-refractivity contribution in [2.75, 3.05) is 31.1 Å². The summed E-state index contributed by atoms with van der Waals surface area (Å²) < 4.78 is 0. The van der Waals surface area contributed by atoms with Crippen molar-refractivity contribution in [2.45, 2.75) is 37.8 Å². The van der Waals surface area contributed by atoms with Crippen LogP contribution >= 0.6 is 11.8 Å². The van der Waals surface area contributed by atoms with Crippen LogP contribution in [0.4, 0.5) is 0 Å². The summed E-state index contributed by atoms with van der Waals surface area (Å²) in [6, 6.07) is 10.1. The van der Waals surface area contributed by atoms with Gasteiger partial charge in [-0.3, -0.25) is 4.90 Å². The summed E-state index contributed by atoms with van der Waals surface area (Å²) in [5.74, 6) is 2.58. The van der Waals surface area contributed by atoms with Gasteiger partial charge in [0.25, 0.3) is 0 Å². The summed E-state index contributed by atoms with van der Waals surface area (Å²) in [6.07, 6.45) is 5.44. The maximum Gasteiger partial charge on any atom is 0.0991 e. The van der Waals surface area contributed by atoms with Gasteiger partial charge in [-0.05, 0) is 30.5 Å². The molecule has 0 spiro atoms. The first-order valence-electron chi connectivity index (χ1n) is 8.35. The highest BCUT2D eigenvalue weighted by atomic mass is 32.2. The van der Waals surface area contributed by atoms with Crippen LogP contribution in [0.1, 0.15) is 36.8 Å². The molecule has 0 unspecified atom stereocenters. The Kier molecular flexibility index (Phi) is 5.41. The zero-order valence-electron chi connectivity index (χ0n) is 13.2. The van der Waals surface area contributed by atoms with Crippen LogP contribution in [0.5, 0.6) is 0 Å². The van der Waals surface area contributed by atoms with Crippen LogP contribution in [0.2, 0.25) is 0 Å². The highest BCUT2D eigenvalue weighted by Crippen LogP contribution is 2.36. The lowest BCUT2D eigenvalue weighted by Crippen LogP contribution is -2.55. The topological polar surface area (TPSA) is 39.1 Å². The van der Waals surface area contributed by atoms with E-state index in [2.05, 4.69) is 40.2 Å². The van der Waals surface area contributed by atoms with Crippen molar-refractivity contribution in [3.63, 3.8) is 0 Å². The zero-order chi connectivity index (χ0) is 15.3. The first-order chi connectivity index (χ1) is 10.8. The Labute approximate surface area is 138 Å². The second-order valence-electron chi connectivity index (χ2n) is 6.44. The molecule has 0 radical (unpaired) electrons. The number of hydrogen-bond donors (Lipinski definition) is 1. The van der Waals surface area contributed by atoms with Gasteiger partial charge in [-0.1, -0.05) is 25.0 Å². The molecule has 4 heteroatoms. The third-order valence-electron chi connectivity index (χ3n) is 5.08. The number of rotatable bonds is 5. The van der Waals surface area contributed by atoms with Crippen molar-refractivity contribution in [3.05, 3.63) is 35.4 Å². The lowest BCUT2D eigenvalue weighted by molar-refractivity contribution is 0.102. The van der Waals surface area contributed by atoms with E-state index in [9.17, 15) is 0 Å². The molecule has 1 heterocycles. The van der Waals surface area contributed by atoms with Gasteiger partial charge in [-0.25, -0.2) is 0 Å². The van der Waals surface area contributed by atoms with Crippen LogP contribution < -0.4 is 5.32 Å². The molecule has 1 aromatic carbocycles. The van der Waals surface area contributed by atoms with Gasteiger partial charge in [0.1, 0.15) is 0 Å². The highest BCUT2D eigenvalue weighted by Gasteiger charge is 2.39. The zero-order valence-corrected chi connectivity index (χ0v) is 14.0. The first kappa shape index (κ1) is 15.9. The van der Waals surface area contributed by atoms with Crippen molar-refractivity contribution in [1.82, 2.24) is 10.2 Å². The Hall–Kier alpha value is -1.02. The van der Waals surface area contributed by atoms with Gasteiger partial charge in [-0.15, -0.1) is 0 Å². The van der Waals surface area contributed by atoms with Gasteiger partial charge in [0.2, 0.25) is 0 Å². The number of thioether (sulfide) groups is 1. The fourth-order valence-electron chi connectivity index (χ4n) is 3.81. The average Bonchev–Trinajstić information content (AvgIpc) is 3.06. The van der Waals surface area contributed by atoms with E-state index in [-0.39, 0.29) is 0 Å². The standard InChI is InChI=1S/C18H25N3S/c19-13-16-3-5-17(6-4-16)14-20-15-18(7-1-2-8-18)21-9-11-22-12-10-21/h3-6,20H,1-2,7-12,14-15H2. The van der Waals surface area contributed by atoms with Gasteiger partial charge >= 0.3 is 0 Å². The quantitative estimate of drug-likeness (QED) is 0.906.